The summed E-state index contributed by atoms with van der Waals surface area (Å²) in [6, 6.07) is 12.6. The van der Waals surface area contributed by atoms with Crippen LogP contribution in [-0.4, -0.2) is 36.2 Å². The molecule has 0 radical (unpaired) electrons. The number of ether oxygens (including phenoxy) is 2. The summed E-state index contributed by atoms with van der Waals surface area (Å²) in [5.74, 6) is -9.09. The van der Waals surface area contributed by atoms with Crippen molar-refractivity contribution in [1.82, 2.24) is 9.97 Å². The second-order valence-corrected chi connectivity index (χ2v) is 8.30. The summed E-state index contributed by atoms with van der Waals surface area (Å²) in [5.41, 5.74) is -0.744. The van der Waals surface area contributed by atoms with Gasteiger partial charge in [0.2, 0.25) is 5.95 Å². The number of methoxy groups -OCH3 is 1. The van der Waals surface area contributed by atoms with Crippen molar-refractivity contribution in [1.29, 1.82) is 0 Å². The molecule has 4 rings (SSSR count). The molecule has 0 fully saturated rings. The summed E-state index contributed by atoms with van der Waals surface area (Å²) in [6.07, 6.45) is 0.953. The Morgan fingerprint density at radius 3 is 2.27 bits per heavy atom. The molecule has 0 saturated heterocycles. The predicted molar refractivity (Wildman–Crippen MR) is 138 cm³/mol. The summed E-state index contributed by atoms with van der Waals surface area (Å²) in [5, 5.41) is 7.97. The van der Waals surface area contributed by atoms with Gasteiger partial charge in [0, 0.05) is 29.7 Å². The molecule has 0 aliphatic rings. The van der Waals surface area contributed by atoms with E-state index in [0.29, 0.717) is 24.7 Å². The van der Waals surface area contributed by atoms with Gasteiger partial charge >= 0.3 is 0 Å². The normalized spacial score (nSPS) is 10.8. The van der Waals surface area contributed by atoms with Crippen LogP contribution in [0.5, 0.6) is 5.75 Å². The van der Waals surface area contributed by atoms with E-state index in [1.54, 1.807) is 31.4 Å². The third-order valence-electron chi connectivity index (χ3n) is 5.52. The molecule has 0 atom stereocenters. The van der Waals surface area contributed by atoms with Crippen LogP contribution >= 0.6 is 0 Å². The van der Waals surface area contributed by atoms with Gasteiger partial charge in [-0.15, -0.1) is 0 Å². The van der Waals surface area contributed by atoms with Crippen molar-refractivity contribution in [3.63, 3.8) is 0 Å². The SMILES string of the molecule is COCCOc1ccc(Nc2ncc(F)c(Nc3cccc(NC(=O)c4c(C)c(F)c(F)c(F)c4F)c3)n2)cc1. The molecule has 13 heteroatoms. The highest BCUT2D eigenvalue weighted by Crippen LogP contribution is 2.27. The van der Waals surface area contributed by atoms with Gasteiger partial charge in [-0.05, 0) is 49.4 Å². The molecule has 3 N–H and O–H groups in total. The first-order valence-corrected chi connectivity index (χ1v) is 11.7. The molecule has 0 aliphatic carbocycles. The van der Waals surface area contributed by atoms with E-state index in [4.69, 9.17) is 9.47 Å². The fraction of sp³-hybridized carbons (Fsp3) is 0.148. The minimum atomic E-state index is -2.10. The second kappa shape index (κ2) is 12.4. The maximum Gasteiger partial charge on any atom is 0.259 e. The minimum absolute atomic E-state index is 0.0690. The highest BCUT2D eigenvalue weighted by atomic mass is 19.2. The Labute approximate surface area is 225 Å². The molecule has 0 spiro atoms. The monoisotopic (exact) mass is 559 g/mol. The molecule has 0 bridgehead atoms. The van der Waals surface area contributed by atoms with E-state index in [-0.39, 0.29) is 23.1 Å². The standard InChI is InChI=1S/C27H22F5N5O3/c1-14-20(22(30)24(32)23(31)21(14)29)26(38)35-17-5-3-4-16(12-17)34-25-19(28)13-33-27(37-25)36-15-6-8-18(9-7-15)40-11-10-39-2/h3-9,12-13H,10-11H2,1-2H3,(H,35,38)(H2,33,34,36,37). The van der Waals surface area contributed by atoms with Gasteiger partial charge in [-0.25, -0.2) is 26.9 Å². The van der Waals surface area contributed by atoms with E-state index < -0.39 is 46.1 Å². The zero-order chi connectivity index (χ0) is 28.8. The van der Waals surface area contributed by atoms with Crippen molar-refractivity contribution in [2.24, 2.45) is 0 Å². The number of rotatable bonds is 10. The van der Waals surface area contributed by atoms with Crippen molar-refractivity contribution in [3.8, 4) is 5.75 Å². The lowest BCUT2D eigenvalue weighted by atomic mass is 10.1. The van der Waals surface area contributed by atoms with Gasteiger partial charge in [-0.3, -0.25) is 4.79 Å². The van der Waals surface area contributed by atoms with Gasteiger partial charge in [0.25, 0.3) is 5.91 Å². The third kappa shape index (κ3) is 6.43. The Kier molecular flexibility index (Phi) is 8.74. The number of amides is 1. The maximum absolute atomic E-state index is 14.5. The number of carbonyl (C=O) groups is 1. The molecule has 1 amide bonds. The highest BCUT2D eigenvalue weighted by molar-refractivity contribution is 6.05. The van der Waals surface area contributed by atoms with Crippen LogP contribution in [0.1, 0.15) is 15.9 Å². The summed E-state index contributed by atoms with van der Waals surface area (Å²) in [4.78, 5) is 20.6. The number of nitrogens with zero attached hydrogens (tertiary/aromatic N) is 2. The largest absolute Gasteiger partial charge is 0.491 e. The van der Waals surface area contributed by atoms with Gasteiger partial charge in [-0.1, -0.05) is 6.07 Å². The summed E-state index contributed by atoms with van der Waals surface area (Å²) in [6.45, 7) is 1.79. The van der Waals surface area contributed by atoms with E-state index in [1.807, 2.05) is 0 Å². The smallest absolute Gasteiger partial charge is 0.259 e. The Morgan fingerprint density at radius 2 is 1.55 bits per heavy atom. The zero-order valence-electron chi connectivity index (χ0n) is 21.1. The van der Waals surface area contributed by atoms with Crippen molar-refractivity contribution in [2.75, 3.05) is 36.3 Å². The van der Waals surface area contributed by atoms with Crippen LogP contribution in [0.15, 0.2) is 54.7 Å². The van der Waals surface area contributed by atoms with Gasteiger partial charge in [0.15, 0.2) is 34.9 Å². The lowest BCUT2D eigenvalue weighted by molar-refractivity contribution is 0.102. The molecule has 0 unspecified atom stereocenters. The van der Waals surface area contributed by atoms with E-state index in [2.05, 4.69) is 25.9 Å². The Bertz CT molecular complexity index is 1510. The second-order valence-electron chi connectivity index (χ2n) is 8.30. The molecule has 0 aliphatic heterocycles. The number of nitrogens with one attached hydrogen (secondary N) is 3. The number of hydrogen-bond acceptors (Lipinski definition) is 7. The van der Waals surface area contributed by atoms with E-state index in [9.17, 15) is 26.7 Å². The van der Waals surface area contributed by atoms with Gasteiger partial charge in [0.1, 0.15) is 12.4 Å². The fourth-order valence-corrected chi connectivity index (χ4v) is 3.54. The molecule has 208 valence electrons. The van der Waals surface area contributed by atoms with E-state index in [0.717, 1.165) is 13.1 Å². The lowest BCUT2D eigenvalue weighted by Crippen LogP contribution is -2.18. The molecule has 3 aromatic carbocycles. The number of carbonyl (C=O) groups excluding carboxylic acids is 1. The summed E-state index contributed by atoms with van der Waals surface area (Å²) >= 11 is 0. The van der Waals surface area contributed by atoms with Crippen LogP contribution in [-0.2, 0) is 4.74 Å². The van der Waals surface area contributed by atoms with E-state index >= 15 is 0 Å². The minimum Gasteiger partial charge on any atom is -0.491 e. The molecule has 1 heterocycles. The average Bonchev–Trinajstić information content (AvgIpc) is 2.94. The summed E-state index contributed by atoms with van der Waals surface area (Å²) in [7, 11) is 1.57. The first-order valence-electron chi connectivity index (χ1n) is 11.7. The van der Waals surface area contributed by atoms with Crippen molar-refractivity contribution < 1.29 is 36.2 Å². The maximum atomic E-state index is 14.5. The van der Waals surface area contributed by atoms with Crippen LogP contribution in [0.25, 0.3) is 0 Å². The third-order valence-corrected chi connectivity index (χ3v) is 5.52. The summed E-state index contributed by atoms with van der Waals surface area (Å²) < 4.78 is 80.1. The average molecular weight is 559 g/mol. The topological polar surface area (TPSA) is 97.4 Å². The van der Waals surface area contributed by atoms with E-state index in [1.165, 1.54) is 24.3 Å². The van der Waals surface area contributed by atoms with Crippen LogP contribution in [0.3, 0.4) is 0 Å². The molecular weight excluding hydrogens is 537 g/mol. The van der Waals surface area contributed by atoms with Crippen LogP contribution < -0.4 is 20.7 Å². The van der Waals surface area contributed by atoms with Gasteiger partial charge in [0.05, 0.1) is 18.4 Å². The molecule has 8 nitrogen and oxygen atoms in total. The zero-order valence-corrected chi connectivity index (χ0v) is 21.1. The highest BCUT2D eigenvalue weighted by Gasteiger charge is 2.27. The van der Waals surface area contributed by atoms with Crippen molar-refractivity contribution in [3.05, 3.63) is 94.9 Å². The lowest BCUT2D eigenvalue weighted by Gasteiger charge is -2.13. The molecular formula is C27H22F5N5O3. The van der Waals surface area contributed by atoms with Crippen LogP contribution in [0.2, 0.25) is 0 Å². The quantitative estimate of drug-likeness (QED) is 0.0915. The first-order chi connectivity index (χ1) is 19.2. The Balaban J connectivity index is 1.47. The number of halogens is 5. The first kappa shape index (κ1) is 28.2. The molecule has 4 aromatic rings. The predicted octanol–water partition coefficient (Wildman–Crippen LogP) is 6.25. The van der Waals surface area contributed by atoms with Gasteiger partial charge < -0.3 is 25.4 Å². The number of aromatic nitrogens is 2. The Hall–Kier alpha value is -4.78. The fourth-order valence-electron chi connectivity index (χ4n) is 3.54. The van der Waals surface area contributed by atoms with Crippen molar-refractivity contribution in [2.45, 2.75) is 6.92 Å². The molecule has 40 heavy (non-hydrogen) atoms. The van der Waals surface area contributed by atoms with Crippen molar-refractivity contribution >= 4 is 34.7 Å². The number of benzene rings is 3. The molecule has 0 saturated carbocycles. The molecule has 1 aromatic heterocycles. The van der Waals surface area contributed by atoms with Crippen LogP contribution in [0.4, 0.5) is 50.8 Å². The number of hydrogen-bond donors (Lipinski definition) is 3. The Morgan fingerprint density at radius 1 is 0.850 bits per heavy atom. The van der Waals surface area contributed by atoms with Gasteiger partial charge in [-0.2, -0.15) is 4.98 Å². The number of anilines is 5. The van der Waals surface area contributed by atoms with Crippen LogP contribution in [0, 0.1) is 36.0 Å².